The van der Waals surface area contributed by atoms with Crippen LogP contribution in [-0.2, 0) is 11.8 Å². The summed E-state index contributed by atoms with van der Waals surface area (Å²) in [5.74, 6) is 0. The number of aromatic nitrogens is 1. The summed E-state index contributed by atoms with van der Waals surface area (Å²) < 4.78 is 0. The second-order valence-electron chi connectivity index (χ2n) is 7.29. The van der Waals surface area contributed by atoms with Crippen LogP contribution in [0.25, 0.3) is 0 Å². The highest BCUT2D eigenvalue weighted by Gasteiger charge is 2.21. The predicted octanol–water partition coefficient (Wildman–Crippen LogP) is 5.25. The first-order valence-electron chi connectivity index (χ1n) is 8.51. The van der Waals surface area contributed by atoms with Crippen LogP contribution < -0.4 is 10.6 Å². The number of anilines is 2. The van der Waals surface area contributed by atoms with Crippen LogP contribution in [0.5, 0.6) is 0 Å². The van der Waals surface area contributed by atoms with Crippen LogP contribution in [0.15, 0.2) is 60.2 Å². The first kappa shape index (κ1) is 18.1. The number of thiophene rings is 1. The van der Waals surface area contributed by atoms with Crippen LogP contribution in [0, 0.1) is 0 Å². The highest BCUT2D eigenvalue weighted by molar-refractivity contribution is 7.10. The summed E-state index contributed by atoms with van der Waals surface area (Å²) in [5, 5.41) is 1.98. The molecule has 0 fully saturated rings. The van der Waals surface area contributed by atoms with Crippen LogP contribution in [-0.4, -0.2) is 11.0 Å². The largest absolute Gasteiger partial charge is 0.351 e. The van der Waals surface area contributed by atoms with E-state index >= 15 is 0 Å². The first-order chi connectivity index (χ1) is 12.3. The normalized spacial score (nSPS) is 11.3. The Labute approximate surface area is 158 Å². The molecule has 0 spiro atoms. The van der Waals surface area contributed by atoms with Crippen molar-refractivity contribution in [3.05, 3.63) is 76.2 Å². The Balaban J connectivity index is 1.85. The molecule has 1 aromatic carbocycles. The third-order valence-corrected chi connectivity index (χ3v) is 5.50. The third kappa shape index (κ3) is 4.11. The zero-order chi connectivity index (χ0) is 18.7. The number of nitrogens with two attached hydrogens (primary N) is 1. The third-order valence-electron chi connectivity index (χ3n) is 4.16. The summed E-state index contributed by atoms with van der Waals surface area (Å²) in [5.41, 5.74) is 9.67. The average Bonchev–Trinajstić information content (AvgIpc) is 3.07. The second kappa shape index (κ2) is 7.30. The standard InChI is InChI=1S/C21H23N3OS/c1-21(2,3)19-13-18(14-26-19)24(20(22)25)17-6-4-15(5-7-17)12-16-8-10-23-11-9-16/h4-11,13-14H,12H2,1-3H3,(H2,22,25). The maximum atomic E-state index is 12.1. The molecule has 0 aliphatic heterocycles. The Bertz CT molecular complexity index is 880. The van der Waals surface area contributed by atoms with Crippen LogP contribution in [0.1, 0.15) is 36.8 Å². The Morgan fingerprint density at radius 3 is 2.19 bits per heavy atom. The van der Waals surface area contributed by atoms with Gasteiger partial charge in [-0.3, -0.25) is 9.88 Å². The maximum Gasteiger partial charge on any atom is 0.323 e. The molecule has 2 heterocycles. The van der Waals surface area contributed by atoms with Crippen molar-refractivity contribution in [2.75, 3.05) is 4.90 Å². The number of urea groups is 1. The van der Waals surface area contributed by atoms with E-state index in [1.54, 1.807) is 28.6 Å². The lowest BCUT2D eigenvalue weighted by Gasteiger charge is -2.20. The molecule has 2 aromatic heterocycles. The lowest BCUT2D eigenvalue weighted by Crippen LogP contribution is -2.31. The Hall–Kier alpha value is -2.66. The first-order valence-corrected chi connectivity index (χ1v) is 9.39. The van der Waals surface area contributed by atoms with Crippen molar-refractivity contribution in [2.45, 2.75) is 32.6 Å². The molecule has 0 saturated carbocycles. The van der Waals surface area contributed by atoms with Crippen molar-refractivity contribution >= 4 is 28.7 Å². The molecule has 2 N–H and O–H groups in total. The number of nitrogens with zero attached hydrogens (tertiary/aromatic N) is 2. The number of amides is 2. The molecule has 0 radical (unpaired) electrons. The lowest BCUT2D eigenvalue weighted by molar-refractivity contribution is 0.256. The lowest BCUT2D eigenvalue weighted by atomic mass is 9.94. The minimum Gasteiger partial charge on any atom is -0.351 e. The van der Waals surface area contributed by atoms with Gasteiger partial charge in [-0.1, -0.05) is 32.9 Å². The van der Waals surface area contributed by atoms with Gasteiger partial charge in [-0.25, -0.2) is 4.79 Å². The minimum absolute atomic E-state index is 0.0423. The van der Waals surface area contributed by atoms with Gasteiger partial charge < -0.3 is 5.73 Å². The summed E-state index contributed by atoms with van der Waals surface area (Å²) in [6.07, 6.45) is 4.41. The van der Waals surface area contributed by atoms with Crippen molar-refractivity contribution in [1.82, 2.24) is 4.98 Å². The molecule has 0 aliphatic rings. The Morgan fingerprint density at radius 1 is 1.04 bits per heavy atom. The smallest absolute Gasteiger partial charge is 0.323 e. The molecule has 5 heteroatoms. The van der Waals surface area contributed by atoms with Gasteiger partial charge in [0.25, 0.3) is 0 Å². The molecule has 3 aromatic rings. The average molecular weight is 366 g/mol. The van der Waals surface area contributed by atoms with Crippen molar-refractivity contribution in [3.8, 4) is 0 Å². The van der Waals surface area contributed by atoms with Gasteiger partial charge in [-0.05, 0) is 53.3 Å². The molecule has 26 heavy (non-hydrogen) atoms. The van der Waals surface area contributed by atoms with Gasteiger partial charge in [-0.2, -0.15) is 0 Å². The van der Waals surface area contributed by atoms with Crippen LogP contribution in [0.4, 0.5) is 16.2 Å². The molecule has 4 nitrogen and oxygen atoms in total. The SMILES string of the molecule is CC(C)(C)c1cc(N(C(N)=O)c2ccc(Cc3ccncc3)cc2)cs1. The quantitative estimate of drug-likeness (QED) is 0.686. The summed E-state index contributed by atoms with van der Waals surface area (Å²) in [7, 11) is 0. The van der Waals surface area contributed by atoms with Gasteiger partial charge in [0.2, 0.25) is 0 Å². The summed E-state index contributed by atoms with van der Waals surface area (Å²) in [4.78, 5) is 18.9. The highest BCUT2D eigenvalue weighted by atomic mass is 32.1. The topological polar surface area (TPSA) is 59.2 Å². The maximum absolute atomic E-state index is 12.1. The van der Waals surface area contributed by atoms with Gasteiger partial charge in [0, 0.05) is 22.7 Å². The van der Waals surface area contributed by atoms with E-state index in [4.69, 9.17) is 5.73 Å². The van der Waals surface area contributed by atoms with Gasteiger partial charge in [0.05, 0.1) is 11.4 Å². The van der Waals surface area contributed by atoms with E-state index in [2.05, 4.69) is 25.8 Å². The van der Waals surface area contributed by atoms with E-state index in [0.29, 0.717) is 0 Å². The monoisotopic (exact) mass is 365 g/mol. The number of primary amides is 1. The second-order valence-corrected chi connectivity index (χ2v) is 8.20. The Kier molecular flexibility index (Phi) is 5.09. The summed E-state index contributed by atoms with van der Waals surface area (Å²) in [6, 6.07) is 13.5. The van der Waals surface area contributed by atoms with Crippen LogP contribution >= 0.6 is 11.3 Å². The molecular weight excluding hydrogens is 342 g/mol. The van der Waals surface area contributed by atoms with E-state index in [-0.39, 0.29) is 5.41 Å². The number of rotatable bonds is 4. The number of pyridine rings is 1. The molecule has 0 unspecified atom stereocenters. The molecule has 3 rings (SSSR count). The summed E-state index contributed by atoms with van der Waals surface area (Å²) >= 11 is 1.65. The van der Waals surface area contributed by atoms with Crippen LogP contribution in [0.3, 0.4) is 0 Å². The van der Waals surface area contributed by atoms with Gasteiger partial charge in [0.1, 0.15) is 0 Å². The fourth-order valence-corrected chi connectivity index (χ4v) is 3.70. The number of carbonyl (C=O) groups is 1. The van der Waals surface area contributed by atoms with E-state index in [1.165, 1.54) is 16.0 Å². The molecule has 134 valence electrons. The zero-order valence-corrected chi connectivity index (χ0v) is 16.1. The predicted molar refractivity (Wildman–Crippen MR) is 108 cm³/mol. The van der Waals surface area contributed by atoms with Crippen molar-refractivity contribution < 1.29 is 4.79 Å². The van der Waals surface area contributed by atoms with Crippen molar-refractivity contribution in [2.24, 2.45) is 5.73 Å². The minimum atomic E-state index is -0.481. The Morgan fingerprint density at radius 2 is 1.65 bits per heavy atom. The fourth-order valence-electron chi connectivity index (χ4n) is 2.74. The van der Waals surface area contributed by atoms with E-state index in [9.17, 15) is 4.79 Å². The number of carbonyl (C=O) groups excluding carboxylic acids is 1. The molecule has 0 bridgehead atoms. The molecule has 0 atom stereocenters. The van der Waals surface area contributed by atoms with Gasteiger partial charge >= 0.3 is 6.03 Å². The van der Waals surface area contributed by atoms with Crippen molar-refractivity contribution in [3.63, 3.8) is 0 Å². The number of hydrogen-bond donors (Lipinski definition) is 1. The summed E-state index contributed by atoms with van der Waals surface area (Å²) in [6.45, 7) is 6.47. The number of benzene rings is 1. The van der Waals surface area contributed by atoms with Gasteiger partial charge in [0.15, 0.2) is 0 Å². The molecule has 0 saturated heterocycles. The van der Waals surface area contributed by atoms with E-state index < -0.39 is 6.03 Å². The van der Waals surface area contributed by atoms with E-state index in [1.807, 2.05) is 47.8 Å². The molecule has 0 aliphatic carbocycles. The molecular formula is C21H23N3OS. The van der Waals surface area contributed by atoms with Crippen LogP contribution in [0.2, 0.25) is 0 Å². The van der Waals surface area contributed by atoms with Gasteiger partial charge in [-0.15, -0.1) is 11.3 Å². The van der Waals surface area contributed by atoms with E-state index in [0.717, 1.165) is 17.8 Å². The molecule has 2 amide bonds. The fraction of sp³-hybridized carbons (Fsp3) is 0.238. The highest BCUT2D eigenvalue weighted by Crippen LogP contribution is 2.35. The van der Waals surface area contributed by atoms with Crippen molar-refractivity contribution in [1.29, 1.82) is 0 Å². The number of hydrogen-bond acceptors (Lipinski definition) is 3. The zero-order valence-electron chi connectivity index (χ0n) is 15.3.